The molecule has 1 amide bonds. The van der Waals surface area contributed by atoms with Gasteiger partial charge in [0.2, 0.25) is 0 Å². The Kier molecular flexibility index (Phi) is 3.49. The minimum absolute atomic E-state index is 0.107. The fourth-order valence-electron chi connectivity index (χ4n) is 1.97. The highest BCUT2D eigenvalue weighted by Crippen LogP contribution is 2.39. The Morgan fingerprint density at radius 2 is 2.11 bits per heavy atom. The maximum absolute atomic E-state index is 13.6. The maximum atomic E-state index is 13.6. The van der Waals surface area contributed by atoms with E-state index in [-0.39, 0.29) is 16.5 Å². The van der Waals surface area contributed by atoms with Crippen LogP contribution in [0.4, 0.5) is 4.39 Å². The molecule has 0 aliphatic heterocycles. The number of amides is 1. The number of carboxylic acids is 1. The highest BCUT2D eigenvalue weighted by molar-refractivity contribution is 6.30. The van der Waals surface area contributed by atoms with Crippen LogP contribution in [0.2, 0.25) is 5.02 Å². The molecule has 1 atom stereocenters. The van der Waals surface area contributed by atoms with E-state index in [1.165, 1.54) is 19.1 Å². The first-order valence-electron chi connectivity index (χ1n) is 5.85. The first kappa shape index (κ1) is 13.8. The average Bonchev–Trinajstić information content (AvgIpc) is 3.11. The van der Waals surface area contributed by atoms with Crippen LogP contribution in [0.25, 0.3) is 0 Å². The van der Waals surface area contributed by atoms with Crippen molar-refractivity contribution in [3.8, 4) is 0 Å². The second-order valence-electron chi connectivity index (χ2n) is 4.86. The number of rotatable bonds is 4. The quantitative estimate of drug-likeness (QED) is 0.893. The summed E-state index contributed by atoms with van der Waals surface area (Å²) in [7, 11) is 0. The summed E-state index contributed by atoms with van der Waals surface area (Å²) in [5, 5.41) is 11.8. The SMILES string of the molecule is CC(NC(=O)c1ccc(Cl)cc1F)(C(=O)O)C1CC1. The summed E-state index contributed by atoms with van der Waals surface area (Å²) in [4.78, 5) is 23.3. The van der Waals surface area contributed by atoms with Gasteiger partial charge in [-0.1, -0.05) is 11.6 Å². The van der Waals surface area contributed by atoms with Gasteiger partial charge in [-0.2, -0.15) is 0 Å². The third-order valence-corrected chi connectivity index (χ3v) is 3.62. The van der Waals surface area contributed by atoms with E-state index in [2.05, 4.69) is 5.32 Å². The van der Waals surface area contributed by atoms with Crippen molar-refractivity contribution in [2.75, 3.05) is 0 Å². The Balaban J connectivity index is 2.22. The van der Waals surface area contributed by atoms with Crippen LogP contribution in [-0.4, -0.2) is 22.5 Å². The fraction of sp³-hybridized carbons (Fsp3) is 0.385. The van der Waals surface area contributed by atoms with Crippen LogP contribution in [0, 0.1) is 11.7 Å². The number of nitrogens with one attached hydrogen (secondary N) is 1. The lowest BCUT2D eigenvalue weighted by atomic mass is 9.95. The highest BCUT2D eigenvalue weighted by atomic mass is 35.5. The van der Waals surface area contributed by atoms with Crippen molar-refractivity contribution in [3.05, 3.63) is 34.6 Å². The van der Waals surface area contributed by atoms with Gasteiger partial charge in [0.05, 0.1) is 5.56 Å². The van der Waals surface area contributed by atoms with Crippen LogP contribution in [0.1, 0.15) is 30.1 Å². The molecule has 1 aliphatic rings. The average molecular weight is 286 g/mol. The second-order valence-corrected chi connectivity index (χ2v) is 5.30. The van der Waals surface area contributed by atoms with E-state index in [1.54, 1.807) is 0 Å². The Morgan fingerprint density at radius 3 is 2.58 bits per heavy atom. The van der Waals surface area contributed by atoms with E-state index in [9.17, 15) is 19.1 Å². The minimum atomic E-state index is -1.36. The van der Waals surface area contributed by atoms with Crippen molar-refractivity contribution < 1.29 is 19.1 Å². The number of carbonyl (C=O) groups excluding carboxylic acids is 1. The first-order chi connectivity index (χ1) is 8.84. The zero-order chi connectivity index (χ0) is 14.2. The number of halogens is 2. The van der Waals surface area contributed by atoms with Crippen LogP contribution in [0.15, 0.2) is 18.2 Å². The lowest BCUT2D eigenvalue weighted by Gasteiger charge is -2.26. The molecule has 1 fully saturated rings. The molecule has 0 bridgehead atoms. The van der Waals surface area contributed by atoms with Crippen LogP contribution < -0.4 is 5.32 Å². The van der Waals surface area contributed by atoms with Crippen LogP contribution in [0.5, 0.6) is 0 Å². The number of aliphatic carboxylic acids is 1. The lowest BCUT2D eigenvalue weighted by molar-refractivity contribution is -0.144. The molecule has 0 aromatic heterocycles. The first-order valence-corrected chi connectivity index (χ1v) is 6.23. The number of hydrogen-bond donors (Lipinski definition) is 2. The highest BCUT2D eigenvalue weighted by Gasteiger charge is 2.48. The zero-order valence-corrected chi connectivity index (χ0v) is 11.0. The lowest BCUT2D eigenvalue weighted by Crippen LogP contribution is -2.54. The van der Waals surface area contributed by atoms with Crippen molar-refractivity contribution in [3.63, 3.8) is 0 Å². The third kappa shape index (κ3) is 2.71. The summed E-state index contributed by atoms with van der Waals surface area (Å²) < 4.78 is 13.6. The number of carbonyl (C=O) groups is 2. The molecule has 1 unspecified atom stereocenters. The van der Waals surface area contributed by atoms with Gasteiger partial charge in [0.15, 0.2) is 0 Å². The summed E-state index contributed by atoms with van der Waals surface area (Å²) in [6, 6.07) is 3.64. The standard InChI is InChI=1S/C13H13ClFNO3/c1-13(12(18)19,7-2-3-7)16-11(17)9-5-4-8(14)6-10(9)15/h4-7H,2-3H2,1H3,(H,16,17)(H,18,19). The van der Waals surface area contributed by atoms with Crippen LogP contribution >= 0.6 is 11.6 Å². The third-order valence-electron chi connectivity index (χ3n) is 3.39. The van der Waals surface area contributed by atoms with Gasteiger partial charge in [-0.3, -0.25) is 4.79 Å². The minimum Gasteiger partial charge on any atom is -0.480 e. The van der Waals surface area contributed by atoms with Gasteiger partial charge >= 0.3 is 5.97 Å². The predicted octanol–water partition coefficient (Wildman–Crippen LogP) is 2.46. The summed E-state index contributed by atoms with van der Waals surface area (Å²) >= 11 is 5.60. The molecule has 2 rings (SSSR count). The fourth-order valence-corrected chi connectivity index (χ4v) is 2.13. The summed E-state index contributed by atoms with van der Waals surface area (Å²) in [5.41, 5.74) is -1.57. The zero-order valence-electron chi connectivity index (χ0n) is 10.2. The molecular weight excluding hydrogens is 273 g/mol. The molecular formula is C13H13ClFNO3. The van der Waals surface area contributed by atoms with E-state index >= 15 is 0 Å². The maximum Gasteiger partial charge on any atom is 0.329 e. The Bertz CT molecular complexity index is 545. The van der Waals surface area contributed by atoms with Gasteiger partial charge in [0, 0.05) is 5.02 Å². The molecule has 1 aromatic carbocycles. The molecule has 19 heavy (non-hydrogen) atoms. The molecule has 0 radical (unpaired) electrons. The van der Waals surface area contributed by atoms with E-state index in [0.717, 1.165) is 18.9 Å². The van der Waals surface area contributed by atoms with Gasteiger partial charge in [0.1, 0.15) is 11.4 Å². The number of benzene rings is 1. The van der Waals surface area contributed by atoms with Gasteiger partial charge in [-0.15, -0.1) is 0 Å². The summed E-state index contributed by atoms with van der Waals surface area (Å²) in [6.07, 6.45) is 1.48. The largest absolute Gasteiger partial charge is 0.480 e. The van der Waals surface area contributed by atoms with Crippen LogP contribution in [0.3, 0.4) is 0 Å². The molecule has 0 spiro atoms. The van der Waals surface area contributed by atoms with Crippen LogP contribution in [-0.2, 0) is 4.79 Å². The molecule has 0 heterocycles. The van der Waals surface area contributed by atoms with Gasteiger partial charge < -0.3 is 10.4 Å². The molecule has 4 nitrogen and oxygen atoms in total. The van der Waals surface area contributed by atoms with Gasteiger partial charge in [0.25, 0.3) is 5.91 Å². The smallest absolute Gasteiger partial charge is 0.329 e. The van der Waals surface area contributed by atoms with E-state index in [0.29, 0.717) is 0 Å². The topological polar surface area (TPSA) is 66.4 Å². The van der Waals surface area contributed by atoms with E-state index in [4.69, 9.17) is 11.6 Å². The Hall–Kier alpha value is -1.62. The molecule has 0 saturated heterocycles. The second kappa shape index (κ2) is 4.81. The summed E-state index contributed by atoms with van der Waals surface area (Å²) in [6.45, 7) is 1.44. The van der Waals surface area contributed by atoms with Gasteiger partial charge in [-0.25, -0.2) is 9.18 Å². The van der Waals surface area contributed by atoms with Crippen molar-refractivity contribution in [2.45, 2.75) is 25.3 Å². The Labute approximate surface area is 114 Å². The molecule has 1 saturated carbocycles. The number of hydrogen-bond acceptors (Lipinski definition) is 2. The van der Waals surface area contributed by atoms with E-state index < -0.39 is 23.2 Å². The monoisotopic (exact) mass is 285 g/mol. The molecule has 1 aliphatic carbocycles. The molecule has 1 aromatic rings. The van der Waals surface area contributed by atoms with Crippen molar-refractivity contribution in [2.24, 2.45) is 5.92 Å². The predicted molar refractivity (Wildman–Crippen MR) is 67.6 cm³/mol. The van der Waals surface area contributed by atoms with Crippen molar-refractivity contribution in [1.82, 2.24) is 5.32 Å². The van der Waals surface area contributed by atoms with Crippen molar-refractivity contribution in [1.29, 1.82) is 0 Å². The normalized spacial score (nSPS) is 17.6. The molecule has 102 valence electrons. The number of carboxylic acid groups (broad SMARTS) is 1. The summed E-state index contributed by atoms with van der Waals surface area (Å²) in [5.74, 6) is -2.73. The Morgan fingerprint density at radius 1 is 1.47 bits per heavy atom. The van der Waals surface area contributed by atoms with Gasteiger partial charge in [-0.05, 0) is 43.9 Å². The molecule has 2 N–H and O–H groups in total. The molecule has 6 heteroatoms. The van der Waals surface area contributed by atoms with Crippen molar-refractivity contribution >= 4 is 23.5 Å². The van der Waals surface area contributed by atoms with E-state index in [1.807, 2.05) is 0 Å².